The molecule has 0 radical (unpaired) electrons. The third-order valence-corrected chi connectivity index (χ3v) is 4.00. The van der Waals surface area contributed by atoms with Gasteiger partial charge in [-0.15, -0.1) is 10.2 Å². The molecule has 0 aromatic carbocycles. The van der Waals surface area contributed by atoms with Crippen molar-refractivity contribution in [1.29, 1.82) is 0 Å². The van der Waals surface area contributed by atoms with Crippen molar-refractivity contribution in [3.63, 3.8) is 0 Å². The lowest BCUT2D eigenvalue weighted by Gasteiger charge is -2.29. The topological polar surface area (TPSA) is 117 Å². The molecule has 138 valence electrons. The fraction of sp³-hybridized carbons (Fsp3) is 0.105. The van der Waals surface area contributed by atoms with Gasteiger partial charge in [-0.1, -0.05) is 12.1 Å². The second-order valence-electron chi connectivity index (χ2n) is 6.00. The van der Waals surface area contributed by atoms with Crippen molar-refractivity contribution in [3.05, 3.63) is 84.2 Å². The van der Waals surface area contributed by atoms with E-state index in [9.17, 15) is 4.79 Å². The van der Waals surface area contributed by atoms with Gasteiger partial charge in [-0.25, -0.2) is 0 Å². The van der Waals surface area contributed by atoms with Gasteiger partial charge in [-0.2, -0.15) is 5.10 Å². The fourth-order valence-corrected chi connectivity index (χ4v) is 2.71. The number of hydrogen-bond donors (Lipinski definition) is 2. The van der Waals surface area contributed by atoms with E-state index in [-0.39, 0.29) is 5.91 Å². The molecule has 9 heteroatoms. The molecule has 0 unspecified atom stereocenters. The first-order valence-corrected chi connectivity index (χ1v) is 8.52. The van der Waals surface area contributed by atoms with Gasteiger partial charge in [0, 0.05) is 19.3 Å². The zero-order chi connectivity index (χ0) is 19.4. The second kappa shape index (κ2) is 7.31. The zero-order valence-corrected chi connectivity index (χ0v) is 14.9. The van der Waals surface area contributed by atoms with Crippen molar-refractivity contribution in [2.24, 2.45) is 15.3 Å². The van der Waals surface area contributed by atoms with Crippen LogP contribution in [-0.4, -0.2) is 26.7 Å². The van der Waals surface area contributed by atoms with Crippen molar-refractivity contribution >= 4 is 17.4 Å². The molecule has 1 aliphatic rings. The number of amidine groups is 1. The Hall–Kier alpha value is -4.01. The molecule has 0 bridgehead atoms. The van der Waals surface area contributed by atoms with E-state index < -0.39 is 5.66 Å². The van der Waals surface area contributed by atoms with Crippen LogP contribution >= 0.6 is 0 Å². The molecule has 28 heavy (non-hydrogen) atoms. The van der Waals surface area contributed by atoms with E-state index in [1.165, 1.54) is 13.1 Å². The fourth-order valence-electron chi connectivity index (χ4n) is 2.71. The molecule has 9 nitrogen and oxygen atoms in total. The number of rotatable bonds is 4. The van der Waals surface area contributed by atoms with Gasteiger partial charge in [0.2, 0.25) is 11.7 Å². The number of amides is 1. The third-order valence-electron chi connectivity index (χ3n) is 4.00. The van der Waals surface area contributed by atoms with Crippen LogP contribution in [-0.2, 0) is 10.5 Å². The van der Waals surface area contributed by atoms with Crippen molar-refractivity contribution in [1.82, 2.24) is 20.4 Å². The van der Waals surface area contributed by atoms with Crippen LogP contribution in [0.2, 0.25) is 0 Å². The molecule has 0 spiro atoms. The van der Waals surface area contributed by atoms with Crippen LogP contribution in [0.5, 0.6) is 0 Å². The van der Waals surface area contributed by atoms with Gasteiger partial charge in [-0.05, 0) is 36.4 Å². The molecule has 2 N–H and O–H groups in total. The minimum Gasteiger partial charge on any atom is -0.325 e. The molecule has 3 aromatic heterocycles. The molecule has 4 heterocycles. The number of azo groups is 1. The first-order chi connectivity index (χ1) is 13.7. The van der Waals surface area contributed by atoms with Crippen LogP contribution in [0.15, 0.2) is 82.5 Å². The van der Waals surface area contributed by atoms with Crippen LogP contribution in [0.1, 0.15) is 24.0 Å². The number of nitrogens with one attached hydrogen (secondary N) is 2. The maximum Gasteiger partial charge on any atom is 0.250 e. The van der Waals surface area contributed by atoms with Crippen LogP contribution in [0.4, 0.5) is 5.69 Å². The molecular weight excluding hydrogens is 356 g/mol. The number of carbonyl (C=O) groups excluding carboxylic acids is 1. The molecule has 0 atom stereocenters. The van der Waals surface area contributed by atoms with E-state index >= 15 is 0 Å². The van der Waals surface area contributed by atoms with E-state index in [0.29, 0.717) is 28.6 Å². The maximum absolute atomic E-state index is 11.1. The molecule has 3 aromatic rings. The van der Waals surface area contributed by atoms with Gasteiger partial charge in [0.1, 0.15) is 5.69 Å². The average molecular weight is 372 g/mol. The number of carbonyl (C=O) groups is 1. The molecule has 1 amide bonds. The monoisotopic (exact) mass is 372 g/mol. The lowest BCUT2D eigenvalue weighted by molar-refractivity contribution is -0.114. The summed E-state index contributed by atoms with van der Waals surface area (Å²) in [4.78, 5) is 24.2. The summed E-state index contributed by atoms with van der Waals surface area (Å²) >= 11 is 0. The Bertz CT molecular complexity index is 993. The number of aromatic nitrogens is 3. The van der Waals surface area contributed by atoms with E-state index in [0.717, 1.165) is 0 Å². The van der Waals surface area contributed by atoms with Crippen molar-refractivity contribution in [2.75, 3.05) is 5.32 Å². The lowest BCUT2D eigenvalue weighted by Crippen LogP contribution is -2.42. The molecule has 0 saturated heterocycles. The van der Waals surface area contributed by atoms with Crippen molar-refractivity contribution < 1.29 is 4.79 Å². The SMILES string of the molecule is CC(=O)Nc1ccc(C2=NNC(c3ccccn3)(c3ccccn3)N=N2)nc1. The number of hydrazone groups is 1. The maximum atomic E-state index is 11.1. The first kappa shape index (κ1) is 17.4. The number of nitrogens with zero attached hydrogens (tertiary/aromatic N) is 6. The predicted molar refractivity (Wildman–Crippen MR) is 102 cm³/mol. The van der Waals surface area contributed by atoms with E-state index in [1.807, 2.05) is 36.4 Å². The molecule has 0 aliphatic carbocycles. The van der Waals surface area contributed by atoms with E-state index in [2.05, 4.69) is 41.0 Å². The van der Waals surface area contributed by atoms with Crippen molar-refractivity contribution in [3.8, 4) is 0 Å². The highest BCUT2D eigenvalue weighted by Gasteiger charge is 2.39. The molecule has 4 rings (SSSR count). The Morgan fingerprint density at radius 3 is 2.14 bits per heavy atom. The summed E-state index contributed by atoms with van der Waals surface area (Å²) < 4.78 is 0. The zero-order valence-electron chi connectivity index (χ0n) is 14.9. The van der Waals surface area contributed by atoms with Crippen LogP contribution in [0.25, 0.3) is 0 Å². The van der Waals surface area contributed by atoms with Gasteiger partial charge < -0.3 is 5.32 Å². The lowest BCUT2D eigenvalue weighted by atomic mass is 10.0. The van der Waals surface area contributed by atoms with Gasteiger partial charge in [0.05, 0.1) is 23.3 Å². The summed E-state index contributed by atoms with van der Waals surface area (Å²) in [6.45, 7) is 1.44. The van der Waals surface area contributed by atoms with E-state index in [4.69, 9.17) is 0 Å². The van der Waals surface area contributed by atoms with Gasteiger partial charge >= 0.3 is 0 Å². The minimum atomic E-state index is -1.12. The number of anilines is 1. The molecule has 0 fully saturated rings. The Balaban J connectivity index is 1.66. The Kier molecular flexibility index (Phi) is 4.55. The summed E-state index contributed by atoms with van der Waals surface area (Å²) in [6.07, 6.45) is 4.89. The van der Waals surface area contributed by atoms with Gasteiger partial charge in [0.25, 0.3) is 5.66 Å². The summed E-state index contributed by atoms with van der Waals surface area (Å²) in [5, 5.41) is 15.8. The summed E-state index contributed by atoms with van der Waals surface area (Å²) in [6, 6.07) is 14.5. The minimum absolute atomic E-state index is 0.165. The van der Waals surface area contributed by atoms with Crippen LogP contribution in [0.3, 0.4) is 0 Å². The Morgan fingerprint density at radius 2 is 1.68 bits per heavy atom. The summed E-state index contributed by atoms with van der Waals surface area (Å²) in [7, 11) is 0. The Labute approximate surface area is 160 Å². The number of pyridine rings is 3. The third kappa shape index (κ3) is 3.32. The van der Waals surface area contributed by atoms with Gasteiger partial charge in [0.15, 0.2) is 0 Å². The smallest absolute Gasteiger partial charge is 0.250 e. The largest absolute Gasteiger partial charge is 0.325 e. The normalized spacial score (nSPS) is 14.7. The highest BCUT2D eigenvalue weighted by atomic mass is 16.1. The summed E-state index contributed by atoms with van der Waals surface area (Å²) in [5.41, 5.74) is 4.28. The van der Waals surface area contributed by atoms with Crippen molar-refractivity contribution in [2.45, 2.75) is 12.6 Å². The molecular formula is C19H16N8O. The highest BCUT2D eigenvalue weighted by molar-refractivity contribution is 5.98. The predicted octanol–water partition coefficient (Wildman–Crippen LogP) is 2.45. The van der Waals surface area contributed by atoms with Crippen LogP contribution < -0.4 is 10.7 Å². The summed E-state index contributed by atoms with van der Waals surface area (Å²) in [5.74, 6) is 0.151. The molecule has 0 saturated carbocycles. The average Bonchev–Trinajstić information content (AvgIpc) is 2.75. The van der Waals surface area contributed by atoms with Crippen LogP contribution in [0, 0.1) is 0 Å². The quantitative estimate of drug-likeness (QED) is 0.729. The highest BCUT2D eigenvalue weighted by Crippen LogP contribution is 2.31. The van der Waals surface area contributed by atoms with Gasteiger partial charge in [-0.3, -0.25) is 25.2 Å². The molecule has 1 aliphatic heterocycles. The standard InChI is InChI=1S/C19H16N8O/c1-13(28)23-14-8-9-15(22-12-14)18-24-26-19(27-25-18,16-6-2-4-10-20-16)17-7-3-5-11-21-17/h2-12,26H,1H3,(H,23,28). The number of hydrogen-bond acceptors (Lipinski definition) is 8. The second-order valence-corrected chi connectivity index (χ2v) is 6.00. The Morgan fingerprint density at radius 1 is 0.964 bits per heavy atom. The van der Waals surface area contributed by atoms with E-state index in [1.54, 1.807) is 24.5 Å². The first-order valence-electron chi connectivity index (χ1n) is 8.52.